The number of halogens is 2. The minimum atomic E-state index is -1.49. The number of hydrogen-bond donors (Lipinski definition) is 3. The molecule has 1 aromatic rings. The molecule has 1 aromatic carbocycles. The molecule has 0 aliphatic rings. The Kier molecular flexibility index (Phi) is 6.21. The number of carboxylic acids is 1. The summed E-state index contributed by atoms with van der Waals surface area (Å²) in [5.74, 6) is -4.01. The van der Waals surface area contributed by atoms with Gasteiger partial charge in [0.25, 0.3) is 0 Å². The predicted molar refractivity (Wildman–Crippen MR) is 67.4 cm³/mol. The molecule has 0 fully saturated rings. The van der Waals surface area contributed by atoms with Crippen molar-refractivity contribution in [3.8, 4) is 0 Å². The van der Waals surface area contributed by atoms with E-state index in [1.165, 1.54) is 6.07 Å². The van der Waals surface area contributed by atoms with Crippen LogP contribution in [0.5, 0.6) is 0 Å². The first-order valence-corrected chi connectivity index (χ1v) is 6.14. The van der Waals surface area contributed by atoms with Crippen LogP contribution in [0.15, 0.2) is 12.1 Å². The lowest BCUT2D eigenvalue weighted by atomic mass is 10.1. The Morgan fingerprint density at radius 1 is 1.11 bits per heavy atom. The zero-order valence-electron chi connectivity index (χ0n) is 10.5. The van der Waals surface area contributed by atoms with E-state index in [0.29, 0.717) is 6.54 Å². The summed E-state index contributed by atoms with van der Waals surface area (Å²) in [6.07, 6.45) is 3.26. The largest absolute Gasteiger partial charge is 0.478 e. The van der Waals surface area contributed by atoms with Gasteiger partial charge in [-0.3, -0.25) is 0 Å². The number of hydrogen-bond acceptors (Lipinski definition) is 3. The monoisotopic (exact) mass is 273 g/mol. The van der Waals surface area contributed by atoms with Crippen LogP contribution in [0.4, 0.5) is 14.5 Å². The fourth-order valence-corrected chi connectivity index (χ4v) is 1.66. The lowest BCUT2D eigenvalue weighted by molar-refractivity contribution is 0.0690. The quantitative estimate of drug-likeness (QED) is 0.637. The Labute approximate surface area is 110 Å². The van der Waals surface area contributed by atoms with E-state index in [9.17, 15) is 13.6 Å². The highest BCUT2D eigenvalue weighted by Gasteiger charge is 2.17. The van der Waals surface area contributed by atoms with Gasteiger partial charge >= 0.3 is 5.97 Å². The molecule has 0 spiro atoms. The zero-order valence-corrected chi connectivity index (χ0v) is 10.5. The van der Waals surface area contributed by atoms with Gasteiger partial charge in [-0.05, 0) is 25.0 Å². The number of aliphatic hydroxyl groups is 1. The molecule has 0 aliphatic heterocycles. The molecule has 0 saturated carbocycles. The summed E-state index contributed by atoms with van der Waals surface area (Å²) in [5, 5.41) is 19.9. The minimum absolute atomic E-state index is 0.0374. The van der Waals surface area contributed by atoms with Crippen molar-refractivity contribution in [2.45, 2.75) is 25.7 Å². The second kappa shape index (κ2) is 7.68. The number of nitrogens with one attached hydrogen (secondary N) is 1. The van der Waals surface area contributed by atoms with Crippen LogP contribution in [0.2, 0.25) is 0 Å². The zero-order chi connectivity index (χ0) is 14.3. The van der Waals surface area contributed by atoms with Crippen molar-refractivity contribution in [3.05, 3.63) is 29.3 Å². The fraction of sp³-hybridized carbons (Fsp3) is 0.462. The Morgan fingerprint density at radius 2 is 1.79 bits per heavy atom. The average molecular weight is 273 g/mol. The molecule has 0 aliphatic carbocycles. The minimum Gasteiger partial charge on any atom is -0.478 e. The van der Waals surface area contributed by atoms with E-state index in [2.05, 4.69) is 5.32 Å². The molecule has 106 valence electrons. The molecule has 0 radical (unpaired) electrons. The molecule has 0 amide bonds. The summed E-state index contributed by atoms with van der Waals surface area (Å²) in [4.78, 5) is 10.6. The third kappa shape index (κ3) is 4.48. The third-order valence-electron chi connectivity index (χ3n) is 2.71. The van der Waals surface area contributed by atoms with Gasteiger partial charge in [-0.25, -0.2) is 13.6 Å². The lowest BCUT2D eigenvalue weighted by Crippen LogP contribution is -2.08. The van der Waals surface area contributed by atoms with Crippen molar-refractivity contribution in [3.63, 3.8) is 0 Å². The molecule has 0 aromatic heterocycles. The lowest BCUT2D eigenvalue weighted by Gasteiger charge is -2.09. The Hall–Kier alpha value is -1.69. The summed E-state index contributed by atoms with van der Waals surface area (Å²) >= 11 is 0. The van der Waals surface area contributed by atoms with Crippen LogP contribution < -0.4 is 5.32 Å². The molecule has 0 atom stereocenters. The van der Waals surface area contributed by atoms with Gasteiger partial charge in [0.2, 0.25) is 0 Å². The van der Waals surface area contributed by atoms with Gasteiger partial charge < -0.3 is 15.5 Å². The molecule has 1 rings (SSSR count). The van der Waals surface area contributed by atoms with E-state index in [-0.39, 0.29) is 12.3 Å². The maximum Gasteiger partial charge on any atom is 0.338 e. The number of aliphatic hydroxyl groups excluding tert-OH is 1. The summed E-state index contributed by atoms with van der Waals surface area (Å²) in [6.45, 7) is 0.623. The van der Waals surface area contributed by atoms with E-state index in [4.69, 9.17) is 10.2 Å². The SMILES string of the molecule is O=C(O)c1ccc(NCCCCCCO)c(F)c1F. The molecule has 6 heteroatoms. The highest BCUT2D eigenvalue weighted by atomic mass is 19.2. The first kappa shape index (κ1) is 15.4. The molecule has 3 N–H and O–H groups in total. The topological polar surface area (TPSA) is 69.6 Å². The van der Waals surface area contributed by atoms with Crippen LogP contribution in [-0.2, 0) is 0 Å². The first-order chi connectivity index (χ1) is 9.07. The van der Waals surface area contributed by atoms with Gasteiger partial charge in [-0.1, -0.05) is 12.8 Å². The Balaban J connectivity index is 2.51. The molecule has 0 bridgehead atoms. The predicted octanol–water partition coefficient (Wildman–Crippen LogP) is 2.63. The van der Waals surface area contributed by atoms with Crippen molar-refractivity contribution < 1.29 is 23.8 Å². The van der Waals surface area contributed by atoms with E-state index in [1.54, 1.807) is 0 Å². The number of aromatic carboxylic acids is 1. The van der Waals surface area contributed by atoms with Crippen molar-refractivity contribution in [1.29, 1.82) is 0 Å². The maximum atomic E-state index is 13.5. The van der Waals surface area contributed by atoms with Crippen LogP contribution in [0, 0.1) is 11.6 Å². The number of anilines is 1. The standard InChI is InChI=1S/C13H17F2NO3/c14-11-9(13(18)19)5-6-10(12(11)15)16-7-3-1-2-4-8-17/h5-6,16-17H,1-4,7-8H2,(H,18,19). The van der Waals surface area contributed by atoms with Gasteiger partial charge in [0.05, 0.1) is 11.3 Å². The molecule has 4 nitrogen and oxygen atoms in total. The van der Waals surface area contributed by atoms with Crippen molar-refractivity contribution in [2.24, 2.45) is 0 Å². The summed E-state index contributed by atoms with van der Waals surface area (Å²) in [7, 11) is 0. The smallest absolute Gasteiger partial charge is 0.338 e. The molecular weight excluding hydrogens is 256 g/mol. The average Bonchev–Trinajstić information content (AvgIpc) is 2.38. The van der Waals surface area contributed by atoms with Crippen LogP contribution in [0.25, 0.3) is 0 Å². The van der Waals surface area contributed by atoms with Gasteiger partial charge in [-0.2, -0.15) is 0 Å². The molecule has 19 heavy (non-hydrogen) atoms. The third-order valence-corrected chi connectivity index (χ3v) is 2.71. The Bertz CT molecular complexity index is 438. The summed E-state index contributed by atoms with van der Waals surface area (Å²) < 4.78 is 26.9. The van der Waals surface area contributed by atoms with Gasteiger partial charge in [0.15, 0.2) is 11.6 Å². The number of unbranched alkanes of at least 4 members (excludes halogenated alkanes) is 3. The molecular formula is C13H17F2NO3. The number of rotatable bonds is 8. The van der Waals surface area contributed by atoms with E-state index in [0.717, 1.165) is 31.7 Å². The van der Waals surface area contributed by atoms with E-state index in [1.807, 2.05) is 0 Å². The maximum absolute atomic E-state index is 13.5. The second-order valence-electron chi connectivity index (χ2n) is 4.16. The van der Waals surface area contributed by atoms with E-state index < -0.39 is 23.2 Å². The van der Waals surface area contributed by atoms with Crippen LogP contribution in [-0.4, -0.2) is 29.3 Å². The van der Waals surface area contributed by atoms with Crippen LogP contribution in [0.3, 0.4) is 0 Å². The molecule has 0 unspecified atom stereocenters. The van der Waals surface area contributed by atoms with Gasteiger partial charge in [0, 0.05) is 13.2 Å². The number of benzene rings is 1. The summed E-state index contributed by atoms with van der Waals surface area (Å²) in [5.41, 5.74) is -0.712. The highest BCUT2D eigenvalue weighted by molar-refractivity contribution is 5.88. The van der Waals surface area contributed by atoms with Crippen molar-refractivity contribution in [1.82, 2.24) is 0 Å². The van der Waals surface area contributed by atoms with Crippen molar-refractivity contribution >= 4 is 11.7 Å². The molecule has 0 heterocycles. The summed E-state index contributed by atoms with van der Waals surface area (Å²) in [6, 6.07) is 2.25. The van der Waals surface area contributed by atoms with E-state index >= 15 is 0 Å². The molecule has 0 saturated heterocycles. The van der Waals surface area contributed by atoms with Crippen molar-refractivity contribution in [2.75, 3.05) is 18.5 Å². The fourth-order valence-electron chi connectivity index (χ4n) is 1.66. The first-order valence-electron chi connectivity index (χ1n) is 6.14. The number of carbonyl (C=O) groups is 1. The van der Waals surface area contributed by atoms with Crippen LogP contribution >= 0.6 is 0 Å². The highest BCUT2D eigenvalue weighted by Crippen LogP contribution is 2.20. The second-order valence-corrected chi connectivity index (χ2v) is 4.16. The van der Waals surface area contributed by atoms with Crippen LogP contribution in [0.1, 0.15) is 36.0 Å². The Morgan fingerprint density at radius 3 is 2.42 bits per heavy atom. The van der Waals surface area contributed by atoms with Gasteiger partial charge in [-0.15, -0.1) is 0 Å². The number of carboxylic acid groups (broad SMARTS) is 1. The normalized spacial score (nSPS) is 10.5. The van der Waals surface area contributed by atoms with Gasteiger partial charge in [0.1, 0.15) is 0 Å².